The molecule has 1 N–H and O–H groups in total. The Hall–Kier alpha value is -1.55. The molecule has 1 rings (SSSR count). The van der Waals surface area contributed by atoms with Crippen LogP contribution >= 0.6 is 0 Å². The van der Waals surface area contributed by atoms with Gasteiger partial charge in [0.15, 0.2) is 6.10 Å². The van der Waals surface area contributed by atoms with Crippen molar-refractivity contribution in [2.45, 2.75) is 59.7 Å². The van der Waals surface area contributed by atoms with Crippen LogP contribution in [0.5, 0.6) is 5.75 Å². The molecule has 0 aromatic heterocycles. The van der Waals surface area contributed by atoms with Crippen molar-refractivity contribution in [3.8, 4) is 5.75 Å². The number of ether oxygens (including phenoxy) is 2. The van der Waals surface area contributed by atoms with Crippen LogP contribution in [-0.4, -0.2) is 24.7 Å². The summed E-state index contributed by atoms with van der Waals surface area (Å²) in [5.41, 5.74) is 2.23. The molecular formula is C17H27NO3. The number of aryl methyl sites for hydroxylation is 1. The van der Waals surface area contributed by atoms with E-state index in [0.29, 0.717) is 25.6 Å². The van der Waals surface area contributed by atoms with Gasteiger partial charge in [0.05, 0.1) is 6.61 Å². The van der Waals surface area contributed by atoms with Crippen LogP contribution in [-0.2, 0) is 16.1 Å². The van der Waals surface area contributed by atoms with Gasteiger partial charge in [0.2, 0.25) is 0 Å². The number of carbonyl (C=O) groups excluding carboxylic acids is 1. The van der Waals surface area contributed by atoms with Crippen molar-refractivity contribution in [3.63, 3.8) is 0 Å². The number of nitrogens with one attached hydrogen (secondary N) is 1. The Kier molecular flexibility index (Phi) is 7.23. The molecule has 1 aromatic carbocycles. The van der Waals surface area contributed by atoms with Crippen LogP contribution in [0.1, 0.15) is 45.2 Å². The van der Waals surface area contributed by atoms with Gasteiger partial charge >= 0.3 is 5.97 Å². The largest absolute Gasteiger partial charge is 0.478 e. The van der Waals surface area contributed by atoms with E-state index in [-0.39, 0.29) is 5.97 Å². The highest BCUT2D eigenvalue weighted by atomic mass is 16.6. The van der Waals surface area contributed by atoms with Gasteiger partial charge in [-0.15, -0.1) is 0 Å². The molecule has 4 heteroatoms. The normalized spacial score (nSPS) is 12.3. The third-order valence-electron chi connectivity index (χ3n) is 3.11. The zero-order valence-electron chi connectivity index (χ0n) is 13.7. The van der Waals surface area contributed by atoms with E-state index < -0.39 is 6.10 Å². The third-order valence-corrected chi connectivity index (χ3v) is 3.11. The van der Waals surface area contributed by atoms with Crippen molar-refractivity contribution in [1.82, 2.24) is 5.32 Å². The number of benzene rings is 1. The topological polar surface area (TPSA) is 47.6 Å². The maximum Gasteiger partial charge on any atom is 0.347 e. The van der Waals surface area contributed by atoms with E-state index in [4.69, 9.17) is 9.47 Å². The van der Waals surface area contributed by atoms with Crippen LogP contribution in [0.2, 0.25) is 0 Å². The van der Waals surface area contributed by atoms with Crippen molar-refractivity contribution in [1.29, 1.82) is 0 Å². The molecule has 0 radical (unpaired) electrons. The molecule has 118 valence electrons. The molecule has 0 fully saturated rings. The molecule has 0 aliphatic rings. The molecule has 0 saturated carbocycles. The van der Waals surface area contributed by atoms with Crippen molar-refractivity contribution in [2.24, 2.45) is 0 Å². The number of esters is 1. The predicted octanol–water partition coefficient (Wildman–Crippen LogP) is 3.21. The first kappa shape index (κ1) is 17.5. The summed E-state index contributed by atoms with van der Waals surface area (Å²) in [4.78, 5) is 11.9. The highest BCUT2D eigenvalue weighted by Crippen LogP contribution is 2.22. The summed E-state index contributed by atoms with van der Waals surface area (Å²) in [5.74, 6) is 0.442. The Morgan fingerprint density at radius 1 is 1.29 bits per heavy atom. The summed E-state index contributed by atoms with van der Waals surface area (Å²) < 4.78 is 10.9. The second-order valence-corrected chi connectivity index (χ2v) is 5.41. The van der Waals surface area contributed by atoms with Gasteiger partial charge in [-0.3, -0.25) is 0 Å². The molecule has 0 aliphatic heterocycles. The average molecular weight is 293 g/mol. The molecule has 0 saturated heterocycles. The zero-order valence-corrected chi connectivity index (χ0v) is 13.7. The fourth-order valence-corrected chi connectivity index (χ4v) is 1.96. The summed E-state index contributed by atoms with van der Waals surface area (Å²) in [6.45, 7) is 11.1. The van der Waals surface area contributed by atoms with Crippen LogP contribution < -0.4 is 10.1 Å². The van der Waals surface area contributed by atoms with E-state index >= 15 is 0 Å². The van der Waals surface area contributed by atoms with Crippen LogP contribution in [0.15, 0.2) is 18.2 Å². The highest BCUT2D eigenvalue weighted by Gasteiger charge is 2.20. The Bertz CT molecular complexity index is 457. The standard InChI is InChI=1S/C17H27NO3/c1-6-15(17(19)20-7-2)21-16-9-8-13(5)10-14(16)11-18-12(3)4/h8-10,12,15,18H,6-7,11H2,1-5H3. The number of rotatable bonds is 8. The van der Waals surface area contributed by atoms with Crippen LogP contribution in [0.3, 0.4) is 0 Å². The molecule has 1 atom stereocenters. The SMILES string of the molecule is CCOC(=O)C(CC)Oc1ccc(C)cc1CNC(C)C. The molecule has 0 bridgehead atoms. The minimum atomic E-state index is -0.551. The van der Waals surface area contributed by atoms with Gasteiger partial charge in [0.25, 0.3) is 0 Å². The first-order valence-electron chi connectivity index (χ1n) is 7.64. The fourth-order valence-electron chi connectivity index (χ4n) is 1.96. The lowest BCUT2D eigenvalue weighted by atomic mass is 10.1. The second kappa shape index (κ2) is 8.67. The Balaban J connectivity index is 2.87. The van der Waals surface area contributed by atoms with Gasteiger partial charge < -0.3 is 14.8 Å². The molecule has 4 nitrogen and oxygen atoms in total. The minimum Gasteiger partial charge on any atom is -0.478 e. The molecule has 0 amide bonds. The monoisotopic (exact) mass is 293 g/mol. The van der Waals surface area contributed by atoms with Gasteiger partial charge in [0.1, 0.15) is 5.75 Å². The van der Waals surface area contributed by atoms with Crippen LogP contribution in [0.25, 0.3) is 0 Å². The molecule has 0 aliphatic carbocycles. The number of carbonyl (C=O) groups is 1. The summed E-state index contributed by atoms with van der Waals surface area (Å²) in [5, 5.41) is 3.38. The van der Waals surface area contributed by atoms with Crippen LogP contribution in [0.4, 0.5) is 0 Å². The van der Waals surface area contributed by atoms with Gasteiger partial charge in [-0.05, 0) is 26.3 Å². The van der Waals surface area contributed by atoms with E-state index in [9.17, 15) is 4.79 Å². The summed E-state index contributed by atoms with van der Waals surface area (Å²) in [6, 6.07) is 6.40. The molecule has 1 aromatic rings. The summed E-state index contributed by atoms with van der Waals surface area (Å²) in [6.07, 6.45) is 0.0366. The first-order valence-corrected chi connectivity index (χ1v) is 7.64. The van der Waals surface area contributed by atoms with E-state index in [1.165, 1.54) is 5.56 Å². The molecular weight excluding hydrogens is 266 g/mol. The van der Waals surface area contributed by atoms with Gasteiger partial charge in [-0.25, -0.2) is 4.79 Å². The van der Waals surface area contributed by atoms with E-state index in [1.807, 2.05) is 26.0 Å². The second-order valence-electron chi connectivity index (χ2n) is 5.41. The van der Waals surface area contributed by atoms with Gasteiger partial charge in [-0.2, -0.15) is 0 Å². The summed E-state index contributed by atoms with van der Waals surface area (Å²) in [7, 11) is 0. The lowest BCUT2D eigenvalue weighted by Crippen LogP contribution is -2.29. The zero-order chi connectivity index (χ0) is 15.8. The van der Waals surface area contributed by atoms with Crippen molar-refractivity contribution >= 4 is 5.97 Å². The molecule has 1 unspecified atom stereocenters. The lowest BCUT2D eigenvalue weighted by molar-refractivity contribution is -0.151. The number of hydrogen-bond acceptors (Lipinski definition) is 4. The smallest absolute Gasteiger partial charge is 0.347 e. The first-order chi connectivity index (χ1) is 9.97. The van der Waals surface area contributed by atoms with Gasteiger partial charge in [-0.1, -0.05) is 38.5 Å². The van der Waals surface area contributed by atoms with Crippen molar-refractivity contribution in [3.05, 3.63) is 29.3 Å². The maximum atomic E-state index is 11.9. The summed E-state index contributed by atoms with van der Waals surface area (Å²) >= 11 is 0. The van der Waals surface area contributed by atoms with E-state index in [1.54, 1.807) is 6.92 Å². The third kappa shape index (κ3) is 5.76. The Labute approximate surface area is 127 Å². The highest BCUT2D eigenvalue weighted by molar-refractivity contribution is 5.75. The van der Waals surface area contributed by atoms with Crippen molar-refractivity contribution < 1.29 is 14.3 Å². The number of hydrogen-bond donors (Lipinski definition) is 1. The fraction of sp³-hybridized carbons (Fsp3) is 0.588. The predicted molar refractivity (Wildman–Crippen MR) is 84.5 cm³/mol. The van der Waals surface area contributed by atoms with Gasteiger partial charge in [0, 0.05) is 18.2 Å². The molecule has 21 heavy (non-hydrogen) atoms. The molecule has 0 spiro atoms. The van der Waals surface area contributed by atoms with E-state index in [2.05, 4.69) is 25.2 Å². The van der Waals surface area contributed by atoms with Crippen LogP contribution in [0, 0.1) is 6.92 Å². The average Bonchev–Trinajstić information content (AvgIpc) is 2.44. The van der Waals surface area contributed by atoms with E-state index in [0.717, 1.165) is 11.3 Å². The minimum absolute atomic E-state index is 0.302. The lowest BCUT2D eigenvalue weighted by Gasteiger charge is -2.19. The Morgan fingerprint density at radius 3 is 2.57 bits per heavy atom. The van der Waals surface area contributed by atoms with Crippen molar-refractivity contribution in [2.75, 3.05) is 6.61 Å². The Morgan fingerprint density at radius 2 is 2.00 bits per heavy atom. The maximum absolute atomic E-state index is 11.9. The molecule has 0 heterocycles. The quantitative estimate of drug-likeness (QED) is 0.748.